The van der Waals surface area contributed by atoms with E-state index in [2.05, 4.69) is 27.7 Å². The molecule has 2 saturated heterocycles. The van der Waals surface area contributed by atoms with E-state index in [1.807, 2.05) is 49.9 Å². The molecule has 0 spiro atoms. The Bertz CT molecular complexity index is 773. The minimum Gasteiger partial charge on any atom is -0.493 e. The van der Waals surface area contributed by atoms with Crippen molar-refractivity contribution in [3.63, 3.8) is 0 Å². The number of hydrogen-bond donors (Lipinski definition) is 0. The van der Waals surface area contributed by atoms with Crippen LogP contribution in [0.4, 0.5) is 4.79 Å². The fraction of sp³-hybridized carbons (Fsp3) is 0.696. The van der Waals surface area contributed by atoms with E-state index in [-0.39, 0.29) is 24.4 Å². The average molecular weight is 415 g/mol. The summed E-state index contributed by atoms with van der Waals surface area (Å²) in [5.74, 6) is 2.43. The SMILES string of the molecule is CC(C)(C)OC(=O)N1CC2C(COc3ccc(B4OC(C)(C)C(C)(C)O4)cc3)C2C1. The fourth-order valence-electron chi connectivity index (χ4n) is 4.26. The summed E-state index contributed by atoms with van der Waals surface area (Å²) in [6, 6.07) is 7.97. The van der Waals surface area contributed by atoms with E-state index in [1.165, 1.54) is 0 Å². The van der Waals surface area contributed by atoms with Crippen LogP contribution in [0, 0.1) is 17.8 Å². The van der Waals surface area contributed by atoms with Crippen molar-refractivity contribution in [2.75, 3.05) is 19.7 Å². The number of amides is 1. The molecule has 4 rings (SSSR count). The molecule has 1 aliphatic carbocycles. The van der Waals surface area contributed by atoms with E-state index in [9.17, 15) is 4.79 Å². The summed E-state index contributed by atoms with van der Waals surface area (Å²) in [6.45, 7) is 16.2. The van der Waals surface area contributed by atoms with Gasteiger partial charge in [0.1, 0.15) is 11.4 Å². The van der Waals surface area contributed by atoms with Gasteiger partial charge in [0.15, 0.2) is 0 Å². The maximum atomic E-state index is 12.2. The van der Waals surface area contributed by atoms with E-state index in [1.54, 1.807) is 0 Å². The van der Waals surface area contributed by atoms with Crippen molar-refractivity contribution in [2.45, 2.75) is 65.3 Å². The molecule has 0 radical (unpaired) electrons. The largest absolute Gasteiger partial charge is 0.494 e. The number of ether oxygens (including phenoxy) is 2. The second-order valence-corrected chi connectivity index (χ2v) is 10.8. The maximum absolute atomic E-state index is 12.2. The Morgan fingerprint density at radius 2 is 1.60 bits per heavy atom. The first-order valence-electron chi connectivity index (χ1n) is 10.9. The molecule has 0 aromatic heterocycles. The summed E-state index contributed by atoms with van der Waals surface area (Å²) in [4.78, 5) is 14.0. The van der Waals surface area contributed by atoms with Gasteiger partial charge in [-0.05, 0) is 77.9 Å². The van der Waals surface area contributed by atoms with Crippen molar-refractivity contribution in [2.24, 2.45) is 17.8 Å². The fourth-order valence-corrected chi connectivity index (χ4v) is 4.26. The number of nitrogens with zero attached hydrogens (tertiary/aromatic N) is 1. The van der Waals surface area contributed by atoms with Crippen LogP contribution in [0.15, 0.2) is 24.3 Å². The van der Waals surface area contributed by atoms with Crippen molar-refractivity contribution in [3.05, 3.63) is 24.3 Å². The minimum atomic E-state index is -0.446. The van der Waals surface area contributed by atoms with Crippen LogP contribution in [0.25, 0.3) is 0 Å². The predicted octanol–water partition coefficient (Wildman–Crippen LogP) is 3.48. The topological polar surface area (TPSA) is 57.2 Å². The number of likely N-dealkylation sites (tertiary alicyclic amines) is 1. The molecule has 3 aliphatic rings. The molecule has 1 saturated carbocycles. The maximum Gasteiger partial charge on any atom is 0.494 e. The molecule has 1 aromatic rings. The third-order valence-electron chi connectivity index (χ3n) is 6.87. The first-order chi connectivity index (χ1) is 13.9. The number of benzene rings is 1. The monoisotopic (exact) mass is 415 g/mol. The molecule has 2 atom stereocenters. The molecule has 2 unspecified atom stereocenters. The highest BCUT2D eigenvalue weighted by atomic mass is 16.7. The van der Waals surface area contributed by atoms with Crippen molar-refractivity contribution in [3.8, 4) is 5.75 Å². The van der Waals surface area contributed by atoms with Gasteiger partial charge >= 0.3 is 13.2 Å². The lowest BCUT2D eigenvalue weighted by Gasteiger charge is -2.32. The Morgan fingerprint density at radius 1 is 1.07 bits per heavy atom. The van der Waals surface area contributed by atoms with Gasteiger partial charge in [-0.1, -0.05) is 12.1 Å². The lowest BCUT2D eigenvalue weighted by Crippen LogP contribution is -2.41. The van der Waals surface area contributed by atoms with Gasteiger partial charge in [-0.2, -0.15) is 0 Å². The van der Waals surface area contributed by atoms with Gasteiger partial charge in [0, 0.05) is 19.0 Å². The smallest absolute Gasteiger partial charge is 0.493 e. The Balaban J connectivity index is 1.24. The third kappa shape index (κ3) is 4.19. The molecule has 1 aromatic carbocycles. The summed E-state index contributed by atoms with van der Waals surface area (Å²) in [5, 5.41) is 0. The molecule has 3 fully saturated rings. The van der Waals surface area contributed by atoms with Crippen LogP contribution in [0.3, 0.4) is 0 Å². The van der Waals surface area contributed by atoms with Crippen LogP contribution in [0.5, 0.6) is 5.75 Å². The Morgan fingerprint density at radius 3 is 2.10 bits per heavy atom. The van der Waals surface area contributed by atoms with Crippen LogP contribution in [-0.2, 0) is 14.0 Å². The normalized spacial score (nSPS) is 29.0. The number of carbonyl (C=O) groups excluding carboxylic acids is 1. The first-order valence-corrected chi connectivity index (χ1v) is 10.9. The van der Waals surface area contributed by atoms with Gasteiger partial charge in [0.25, 0.3) is 0 Å². The molecular weight excluding hydrogens is 381 g/mol. The van der Waals surface area contributed by atoms with E-state index < -0.39 is 5.60 Å². The summed E-state index contributed by atoms with van der Waals surface area (Å²) < 4.78 is 23.7. The molecule has 30 heavy (non-hydrogen) atoms. The highest BCUT2D eigenvalue weighted by Crippen LogP contribution is 2.52. The van der Waals surface area contributed by atoms with Gasteiger partial charge in [-0.3, -0.25) is 0 Å². The van der Waals surface area contributed by atoms with Crippen molar-refractivity contribution in [1.82, 2.24) is 4.90 Å². The number of fused-ring (bicyclic) bond motifs is 1. The molecule has 0 bridgehead atoms. The first kappa shape index (κ1) is 21.5. The van der Waals surface area contributed by atoms with Gasteiger partial charge in [0.05, 0.1) is 17.8 Å². The Hall–Kier alpha value is -1.73. The van der Waals surface area contributed by atoms with Crippen LogP contribution in [0.1, 0.15) is 48.5 Å². The van der Waals surface area contributed by atoms with Crippen LogP contribution in [0.2, 0.25) is 0 Å². The molecule has 2 heterocycles. The summed E-state index contributed by atoms with van der Waals surface area (Å²) >= 11 is 0. The van der Waals surface area contributed by atoms with Crippen molar-refractivity contribution < 1.29 is 23.6 Å². The Kier molecular flexibility index (Phi) is 5.13. The van der Waals surface area contributed by atoms with Crippen molar-refractivity contribution in [1.29, 1.82) is 0 Å². The van der Waals surface area contributed by atoms with Gasteiger partial charge in [0.2, 0.25) is 0 Å². The van der Waals surface area contributed by atoms with E-state index >= 15 is 0 Å². The van der Waals surface area contributed by atoms with Crippen molar-refractivity contribution >= 4 is 18.7 Å². The van der Waals surface area contributed by atoms with Gasteiger partial charge in [-0.15, -0.1) is 0 Å². The number of piperidine rings is 1. The van der Waals surface area contributed by atoms with Gasteiger partial charge < -0.3 is 23.7 Å². The quantitative estimate of drug-likeness (QED) is 0.705. The second-order valence-electron chi connectivity index (χ2n) is 10.8. The molecule has 0 N–H and O–H groups in total. The minimum absolute atomic E-state index is 0.201. The second kappa shape index (κ2) is 7.16. The molecule has 2 aliphatic heterocycles. The molecule has 1 amide bonds. The number of hydrogen-bond acceptors (Lipinski definition) is 5. The molecular formula is C23H34BNO5. The van der Waals surface area contributed by atoms with Gasteiger partial charge in [-0.25, -0.2) is 4.79 Å². The third-order valence-corrected chi connectivity index (χ3v) is 6.87. The van der Waals surface area contributed by atoms with E-state index in [0.29, 0.717) is 24.4 Å². The summed E-state index contributed by atoms with van der Waals surface area (Å²) in [6.07, 6.45) is -0.201. The number of rotatable bonds is 4. The summed E-state index contributed by atoms with van der Waals surface area (Å²) in [5.41, 5.74) is -0.135. The average Bonchev–Trinajstić information content (AvgIpc) is 2.96. The highest BCUT2D eigenvalue weighted by Gasteiger charge is 2.57. The summed E-state index contributed by atoms with van der Waals surface area (Å²) in [7, 11) is -0.356. The van der Waals surface area contributed by atoms with Crippen LogP contribution in [-0.4, -0.2) is 54.6 Å². The highest BCUT2D eigenvalue weighted by molar-refractivity contribution is 6.62. The Labute approximate surface area is 180 Å². The van der Waals surface area contributed by atoms with E-state index in [4.69, 9.17) is 18.8 Å². The predicted molar refractivity (Wildman–Crippen MR) is 116 cm³/mol. The molecule has 7 heteroatoms. The standard InChI is InChI=1S/C23H34BNO5/c1-21(2,3)28-20(26)25-12-17-18(13-25)19(17)14-27-16-10-8-15(9-11-16)24-29-22(4,5)23(6,7)30-24/h8-11,17-19H,12-14H2,1-7H3. The lowest BCUT2D eigenvalue weighted by atomic mass is 9.79. The molecule has 164 valence electrons. The van der Waals surface area contributed by atoms with E-state index in [0.717, 1.165) is 24.3 Å². The number of carbonyl (C=O) groups is 1. The zero-order valence-corrected chi connectivity index (χ0v) is 19.2. The molecule has 6 nitrogen and oxygen atoms in total. The van der Waals surface area contributed by atoms with Crippen LogP contribution >= 0.6 is 0 Å². The van der Waals surface area contributed by atoms with Crippen LogP contribution < -0.4 is 10.2 Å². The zero-order valence-electron chi connectivity index (χ0n) is 19.2. The zero-order chi connectivity index (χ0) is 21.9. The lowest BCUT2D eigenvalue weighted by molar-refractivity contribution is 0.00578.